The van der Waals surface area contributed by atoms with Crippen LogP contribution in [0.15, 0.2) is 18.3 Å². The number of nitrogens with zero attached hydrogens (tertiary/aromatic N) is 2. The molecule has 3 N–H and O–H groups in total. The molecule has 1 heterocycles. The number of amides is 2. The lowest BCUT2D eigenvalue weighted by molar-refractivity contribution is -0.121. The van der Waals surface area contributed by atoms with Crippen LogP contribution in [0.25, 0.3) is 0 Å². The van der Waals surface area contributed by atoms with Crippen LogP contribution in [0, 0.1) is 11.8 Å². The number of hydrogen-bond donors (Lipinski definition) is 2. The van der Waals surface area contributed by atoms with Gasteiger partial charge in [0, 0.05) is 19.8 Å². The predicted octanol–water partition coefficient (Wildman–Crippen LogP) is -0.400. The number of nitrogens with two attached hydrogens (primary N) is 1. The topological polar surface area (TPSA) is 88.3 Å². The highest BCUT2D eigenvalue weighted by Crippen LogP contribution is 2.07. The van der Waals surface area contributed by atoms with Gasteiger partial charge in [-0.1, -0.05) is 11.8 Å². The van der Waals surface area contributed by atoms with Crippen molar-refractivity contribution in [3.05, 3.63) is 29.6 Å². The minimum absolute atomic E-state index is 0.00777. The van der Waals surface area contributed by atoms with Crippen LogP contribution < -0.4 is 11.1 Å². The normalized spacial score (nSPS) is 9.35. The Labute approximate surface area is 118 Å². The summed E-state index contributed by atoms with van der Waals surface area (Å²) in [5.74, 6) is 4.96. The van der Waals surface area contributed by atoms with Crippen molar-refractivity contribution < 1.29 is 9.59 Å². The number of likely N-dealkylation sites (N-methyl/N-ethyl adjacent to an activating group) is 2. The van der Waals surface area contributed by atoms with Gasteiger partial charge in [-0.15, -0.1) is 0 Å². The fourth-order valence-electron chi connectivity index (χ4n) is 1.55. The second-order valence-corrected chi connectivity index (χ2v) is 3.90. The monoisotopic (exact) mass is 274 g/mol. The van der Waals surface area contributed by atoms with Crippen LogP contribution in [0.3, 0.4) is 0 Å². The molecule has 0 aliphatic rings. The van der Waals surface area contributed by atoms with E-state index in [2.05, 4.69) is 22.1 Å². The molecule has 0 spiro atoms. The van der Waals surface area contributed by atoms with Gasteiger partial charge in [-0.05, 0) is 19.1 Å². The number of nitrogens with one attached hydrogen (secondary N) is 1. The minimum Gasteiger partial charge on any atom is -0.358 e. The van der Waals surface area contributed by atoms with Gasteiger partial charge in [-0.3, -0.25) is 9.59 Å². The lowest BCUT2D eigenvalue weighted by atomic mass is 10.1. The summed E-state index contributed by atoms with van der Waals surface area (Å²) in [6.07, 6.45) is 1.52. The molecule has 0 aromatic carbocycles. The van der Waals surface area contributed by atoms with Crippen molar-refractivity contribution in [2.75, 3.05) is 26.7 Å². The lowest BCUT2D eigenvalue weighted by Crippen LogP contribution is -2.40. The molecule has 20 heavy (non-hydrogen) atoms. The number of carbonyl (C=O) groups is 2. The zero-order valence-corrected chi connectivity index (χ0v) is 11.6. The summed E-state index contributed by atoms with van der Waals surface area (Å²) in [6.45, 7) is 2.41. The van der Waals surface area contributed by atoms with E-state index in [1.165, 1.54) is 18.1 Å². The van der Waals surface area contributed by atoms with E-state index in [4.69, 9.17) is 5.73 Å². The molecule has 0 saturated carbocycles. The Balaban J connectivity index is 3.03. The van der Waals surface area contributed by atoms with Gasteiger partial charge in [0.2, 0.25) is 5.91 Å². The molecule has 2 amide bonds. The molecular weight excluding hydrogens is 256 g/mol. The zero-order chi connectivity index (χ0) is 15.0. The van der Waals surface area contributed by atoms with Gasteiger partial charge >= 0.3 is 0 Å². The highest BCUT2D eigenvalue weighted by molar-refractivity contribution is 5.96. The van der Waals surface area contributed by atoms with E-state index in [9.17, 15) is 9.59 Å². The zero-order valence-electron chi connectivity index (χ0n) is 11.6. The second kappa shape index (κ2) is 7.92. The van der Waals surface area contributed by atoms with Crippen LogP contribution in [0.2, 0.25) is 0 Å². The Kier molecular flexibility index (Phi) is 6.20. The first-order valence-corrected chi connectivity index (χ1v) is 6.27. The van der Waals surface area contributed by atoms with E-state index in [1.807, 2.05) is 0 Å². The molecule has 106 valence electrons. The Morgan fingerprint density at radius 3 is 2.85 bits per heavy atom. The first-order chi connectivity index (χ1) is 9.63. The molecule has 1 aromatic heterocycles. The van der Waals surface area contributed by atoms with Gasteiger partial charge in [0.15, 0.2) is 0 Å². The van der Waals surface area contributed by atoms with Gasteiger partial charge in [-0.25, -0.2) is 4.98 Å². The van der Waals surface area contributed by atoms with Crippen molar-refractivity contribution in [3.8, 4) is 11.8 Å². The summed E-state index contributed by atoms with van der Waals surface area (Å²) in [6, 6.07) is 3.41. The summed E-state index contributed by atoms with van der Waals surface area (Å²) in [7, 11) is 1.53. The van der Waals surface area contributed by atoms with Gasteiger partial charge in [-0.2, -0.15) is 0 Å². The highest BCUT2D eigenvalue weighted by Gasteiger charge is 2.20. The van der Waals surface area contributed by atoms with Crippen molar-refractivity contribution >= 4 is 11.8 Å². The largest absolute Gasteiger partial charge is 0.358 e. The molecule has 1 aromatic rings. The minimum atomic E-state index is -0.321. The van der Waals surface area contributed by atoms with E-state index < -0.39 is 0 Å². The first-order valence-electron chi connectivity index (χ1n) is 6.27. The molecule has 6 nitrogen and oxygen atoms in total. The summed E-state index contributed by atoms with van der Waals surface area (Å²) in [4.78, 5) is 29.3. The van der Waals surface area contributed by atoms with Crippen molar-refractivity contribution in [1.29, 1.82) is 0 Å². The number of hydrogen-bond acceptors (Lipinski definition) is 4. The van der Waals surface area contributed by atoms with Gasteiger partial charge < -0.3 is 16.0 Å². The third-order valence-corrected chi connectivity index (χ3v) is 2.62. The van der Waals surface area contributed by atoms with Crippen LogP contribution in [-0.4, -0.2) is 48.4 Å². The molecule has 0 radical (unpaired) electrons. The number of carbonyl (C=O) groups excluding carboxylic acids is 2. The maximum atomic E-state index is 12.4. The van der Waals surface area contributed by atoms with Crippen LogP contribution in [0.5, 0.6) is 0 Å². The Bertz CT molecular complexity index is 546. The second-order valence-electron chi connectivity index (χ2n) is 3.90. The van der Waals surface area contributed by atoms with Crippen molar-refractivity contribution in [1.82, 2.24) is 15.2 Å². The fraction of sp³-hybridized carbons (Fsp3) is 0.357. The SMILES string of the molecule is CCN(CC(=O)NC)C(=O)c1ncccc1C#CCN. The van der Waals surface area contributed by atoms with Crippen LogP contribution in [-0.2, 0) is 4.79 Å². The third-order valence-electron chi connectivity index (χ3n) is 2.62. The lowest BCUT2D eigenvalue weighted by Gasteiger charge is -2.19. The predicted molar refractivity (Wildman–Crippen MR) is 75.8 cm³/mol. The molecule has 0 bridgehead atoms. The van der Waals surface area contributed by atoms with Gasteiger partial charge in [0.1, 0.15) is 5.69 Å². The summed E-state index contributed by atoms with van der Waals surface area (Å²) in [5.41, 5.74) is 6.08. The Hall–Kier alpha value is -2.39. The number of pyridine rings is 1. The average molecular weight is 274 g/mol. The summed E-state index contributed by atoms with van der Waals surface area (Å²) in [5, 5.41) is 2.49. The van der Waals surface area contributed by atoms with E-state index in [0.29, 0.717) is 12.1 Å². The fourth-order valence-corrected chi connectivity index (χ4v) is 1.55. The number of rotatable bonds is 4. The van der Waals surface area contributed by atoms with Crippen LogP contribution in [0.4, 0.5) is 0 Å². The van der Waals surface area contributed by atoms with E-state index in [1.54, 1.807) is 19.1 Å². The molecule has 0 aliphatic carbocycles. The van der Waals surface area contributed by atoms with E-state index in [-0.39, 0.29) is 30.6 Å². The molecular formula is C14H18N4O2. The molecule has 0 fully saturated rings. The van der Waals surface area contributed by atoms with Crippen molar-refractivity contribution in [2.24, 2.45) is 5.73 Å². The molecule has 0 saturated heterocycles. The standard InChI is InChI=1S/C14H18N4O2/c1-3-18(10-12(19)16-2)14(20)13-11(6-4-8-15)7-5-9-17-13/h5,7,9H,3,8,10,15H2,1-2H3,(H,16,19). The summed E-state index contributed by atoms with van der Waals surface area (Å²) >= 11 is 0. The molecule has 0 atom stereocenters. The first kappa shape index (κ1) is 15.7. The van der Waals surface area contributed by atoms with Crippen molar-refractivity contribution in [2.45, 2.75) is 6.92 Å². The van der Waals surface area contributed by atoms with Crippen LogP contribution in [0.1, 0.15) is 23.0 Å². The third kappa shape index (κ3) is 4.07. The molecule has 1 rings (SSSR count). The Morgan fingerprint density at radius 1 is 1.50 bits per heavy atom. The van der Waals surface area contributed by atoms with Crippen molar-refractivity contribution in [3.63, 3.8) is 0 Å². The maximum Gasteiger partial charge on any atom is 0.274 e. The molecule has 0 unspecified atom stereocenters. The average Bonchev–Trinajstić information content (AvgIpc) is 2.49. The molecule has 6 heteroatoms. The van der Waals surface area contributed by atoms with E-state index in [0.717, 1.165) is 0 Å². The smallest absolute Gasteiger partial charge is 0.274 e. The van der Waals surface area contributed by atoms with Crippen LogP contribution >= 0.6 is 0 Å². The van der Waals surface area contributed by atoms with Gasteiger partial charge in [0.25, 0.3) is 5.91 Å². The highest BCUT2D eigenvalue weighted by atomic mass is 16.2. The number of aromatic nitrogens is 1. The maximum absolute atomic E-state index is 12.4. The molecule has 0 aliphatic heterocycles. The van der Waals surface area contributed by atoms with E-state index >= 15 is 0 Å². The Morgan fingerprint density at radius 2 is 2.25 bits per heavy atom. The quantitative estimate of drug-likeness (QED) is 0.731. The van der Waals surface area contributed by atoms with Gasteiger partial charge in [0.05, 0.1) is 18.7 Å². The summed E-state index contributed by atoms with van der Waals surface area (Å²) < 4.78 is 0.